The summed E-state index contributed by atoms with van der Waals surface area (Å²) in [6, 6.07) is 8.17. The Morgan fingerprint density at radius 2 is 1.81 bits per heavy atom. The van der Waals surface area contributed by atoms with E-state index in [0.29, 0.717) is 0 Å². The van der Waals surface area contributed by atoms with Crippen LogP contribution in [0.3, 0.4) is 0 Å². The van der Waals surface area contributed by atoms with Gasteiger partial charge in [-0.25, -0.2) is 0 Å². The fourth-order valence-electron chi connectivity index (χ4n) is 1.34. The van der Waals surface area contributed by atoms with Gasteiger partial charge in [0.2, 0.25) is 0 Å². The Kier molecular flexibility index (Phi) is 7.59. The fraction of sp³-hybridized carbons (Fsp3) is 0.538. The lowest BCUT2D eigenvalue weighted by molar-refractivity contribution is 0.308. The first-order valence-corrected chi connectivity index (χ1v) is 7.00. The van der Waals surface area contributed by atoms with Crippen molar-refractivity contribution in [2.75, 3.05) is 19.7 Å². The van der Waals surface area contributed by atoms with Crippen molar-refractivity contribution in [3.63, 3.8) is 0 Å². The van der Waals surface area contributed by atoms with Crippen LogP contribution < -0.4 is 10.1 Å². The van der Waals surface area contributed by atoms with E-state index < -0.39 is 0 Å². The molecule has 1 N–H and O–H groups in total. The lowest BCUT2D eigenvalue weighted by Crippen LogP contribution is -2.18. The third-order valence-corrected chi connectivity index (χ3v) is 3.01. The molecule has 0 aliphatic rings. The van der Waals surface area contributed by atoms with Crippen molar-refractivity contribution in [3.8, 4) is 5.75 Å². The van der Waals surface area contributed by atoms with E-state index >= 15 is 0 Å². The molecular formula is C13H20INO. The van der Waals surface area contributed by atoms with Gasteiger partial charge in [0.1, 0.15) is 5.75 Å². The van der Waals surface area contributed by atoms with Gasteiger partial charge >= 0.3 is 0 Å². The monoisotopic (exact) mass is 333 g/mol. The Hall–Kier alpha value is -0.290. The Balaban J connectivity index is 2.01. The zero-order valence-corrected chi connectivity index (χ0v) is 12.0. The van der Waals surface area contributed by atoms with E-state index in [1.807, 2.05) is 12.1 Å². The lowest BCUT2D eigenvalue weighted by atomic mass is 10.3. The van der Waals surface area contributed by atoms with Crippen molar-refractivity contribution in [2.24, 2.45) is 0 Å². The summed E-state index contributed by atoms with van der Waals surface area (Å²) in [5, 5.41) is 3.40. The van der Waals surface area contributed by atoms with Crippen molar-refractivity contribution >= 4 is 22.6 Å². The van der Waals surface area contributed by atoms with Crippen molar-refractivity contribution in [3.05, 3.63) is 27.8 Å². The highest BCUT2D eigenvalue weighted by Gasteiger charge is 1.93. The predicted octanol–water partition coefficient (Wildman–Crippen LogP) is 3.45. The number of benzene rings is 1. The number of ether oxygens (including phenoxy) is 1. The average molecular weight is 333 g/mol. The van der Waals surface area contributed by atoms with E-state index in [1.54, 1.807) is 0 Å². The second-order valence-electron chi connectivity index (χ2n) is 3.76. The minimum atomic E-state index is 0.791. The highest BCUT2D eigenvalue weighted by molar-refractivity contribution is 14.1. The van der Waals surface area contributed by atoms with Crippen molar-refractivity contribution in [1.82, 2.24) is 5.32 Å². The summed E-state index contributed by atoms with van der Waals surface area (Å²) in [6.07, 6.45) is 3.58. The number of nitrogens with one attached hydrogen (secondary N) is 1. The molecule has 1 rings (SSSR count). The zero-order valence-electron chi connectivity index (χ0n) is 9.84. The molecule has 0 saturated heterocycles. The standard InChI is InChI=1S/C13H20INO/c1-2-3-9-15-10-4-11-16-13-7-5-12(14)6-8-13/h5-8,15H,2-4,9-11H2,1H3. The third-order valence-electron chi connectivity index (χ3n) is 2.29. The molecule has 0 spiro atoms. The number of rotatable bonds is 8. The first-order valence-electron chi connectivity index (χ1n) is 5.92. The minimum Gasteiger partial charge on any atom is -0.494 e. The molecule has 0 fully saturated rings. The quantitative estimate of drug-likeness (QED) is 0.581. The van der Waals surface area contributed by atoms with Gasteiger partial charge in [0.15, 0.2) is 0 Å². The Morgan fingerprint density at radius 3 is 2.50 bits per heavy atom. The molecule has 2 nitrogen and oxygen atoms in total. The highest BCUT2D eigenvalue weighted by Crippen LogP contribution is 2.13. The topological polar surface area (TPSA) is 21.3 Å². The molecule has 0 unspecified atom stereocenters. The highest BCUT2D eigenvalue weighted by atomic mass is 127. The number of hydrogen-bond acceptors (Lipinski definition) is 2. The van der Waals surface area contributed by atoms with Gasteiger partial charge in [-0.05, 0) is 72.8 Å². The molecule has 0 bridgehead atoms. The molecule has 0 saturated carbocycles. The number of halogens is 1. The number of unbranched alkanes of at least 4 members (excludes halogenated alkanes) is 1. The smallest absolute Gasteiger partial charge is 0.119 e. The maximum absolute atomic E-state index is 5.62. The van der Waals surface area contributed by atoms with E-state index in [9.17, 15) is 0 Å². The van der Waals surface area contributed by atoms with Gasteiger partial charge in [0.25, 0.3) is 0 Å². The largest absolute Gasteiger partial charge is 0.494 e. The third kappa shape index (κ3) is 6.33. The summed E-state index contributed by atoms with van der Waals surface area (Å²) < 4.78 is 6.87. The van der Waals surface area contributed by atoms with Gasteiger partial charge in [0, 0.05) is 3.57 Å². The molecule has 0 aliphatic carbocycles. The summed E-state index contributed by atoms with van der Waals surface area (Å²) >= 11 is 2.29. The van der Waals surface area contributed by atoms with Crippen LogP contribution >= 0.6 is 22.6 Å². The van der Waals surface area contributed by atoms with Crippen molar-refractivity contribution in [2.45, 2.75) is 26.2 Å². The van der Waals surface area contributed by atoms with Crippen LogP contribution in [0, 0.1) is 3.57 Å². The predicted molar refractivity (Wildman–Crippen MR) is 77.0 cm³/mol. The molecule has 90 valence electrons. The minimum absolute atomic E-state index is 0.791. The molecule has 0 radical (unpaired) electrons. The SMILES string of the molecule is CCCCNCCCOc1ccc(I)cc1. The van der Waals surface area contributed by atoms with Gasteiger partial charge in [-0.15, -0.1) is 0 Å². The van der Waals surface area contributed by atoms with Gasteiger partial charge in [-0.2, -0.15) is 0 Å². The molecule has 1 aromatic rings. The molecule has 0 amide bonds. The van der Waals surface area contributed by atoms with Crippen LogP contribution in [0.1, 0.15) is 26.2 Å². The molecule has 1 aromatic carbocycles. The van der Waals surface area contributed by atoms with Gasteiger partial charge in [-0.1, -0.05) is 13.3 Å². The fourth-order valence-corrected chi connectivity index (χ4v) is 1.70. The van der Waals surface area contributed by atoms with Gasteiger partial charge < -0.3 is 10.1 Å². The Bertz CT molecular complexity index is 274. The summed E-state index contributed by atoms with van der Waals surface area (Å²) in [5.41, 5.74) is 0. The lowest BCUT2D eigenvalue weighted by Gasteiger charge is -2.06. The van der Waals surface area contributed by atoms with Gasteiger partial charge in [-0.3, -0.25) is 0 Å². The molecule has 0 heterocycles. The maximum Gasteiger partial charge on any atom is 0.119 e. The first kappa shape index (κ1) is 13.8. The van der Waals surface area contributed by atoms with Crippen LogP contribution in [-0.4, -0.2) is 19.7 Å². The molecular weight excluding hydrogens is 313 g/mol. The van der Waals surface area contributed by atoms with E-state index in [4.69, 9.17) is 4.74 Å². The normalized spacial score (nSPS) is 10.4. The second-order valence-corrected chi connectivity index (χ2v) is 5.01. The van der Waals surface area contributed by atoms with Crippen LogP contribution in [0.15, 0.2) is 24.3 Å². The first-order chi connectivity index (χ1) is 7.83. The van der Waals surface area contributed by atoms with Crippen LogP contribution in [0.25, 0.3) is 0 Å². The summed E-state index contributed by atoms with van der Waals surface area (Å²) in [5.74, 6) is 0.967. The maximum atomic E-state index is 5.62. The van der Waals surface area contributed by atoms with Crippen molar-refractivity contribution in [1.29, 1.82) is 0 Å². The van der Waals surface area contributed by atoms with Crippen LogP contribution in [0.5, 0.6) is 5.75 Å². The van der Waals surface area contributed by atoms with E-state index in [0.717, 1.165) is 31.9 Å². The van der Waals surface area contributed by atoms with E-state index in [2.05, 4.69) is 47.0 Å². The van der Waals surface area contributed by atoms with E-state index in [1.165, 1.54) is 16.4 Å². The average Bonchev–Trinajstić information content (AvgIpc) is 2.30. The van der Waals surface area contributed by atoms with Crippen LogP contribution in [-0.2, 0) is 0 Å². The summed E-state index contributed by atoms with van der Waals surface area (Å²) in [6.45, 7) is 5.17. The molecule has 0 aromatic heterocycles. The summed E-state index contributed by atoms with van der Waals surface area (Å²) in [4.78, 5) is 0. The molecule has 16 heavy (non-hydrogen) atoms. The Labute approximate surface area is 112 Å². The molecule has 0 aliphatic heterocycles. The van der Waals surface area contributed by atoms with Crippen LogP contribution in [0.4, 0.5) is 0 Å². The van der Waals surface area contributed by atoms with E-state index in [-0.39, 0.29) is 0 Å². The van der Waals surface area contributed by atoms with Crippen LogP contribution in [0.2, 0.25) is 0 Å². The van der Waals surface area contributed by atoms with Crippen molar-refractivity contribution < 1.29 is 4.74 Å². The summed E-state index contributed by atoms with van der Waals surface area (Å²) in [7, 11) is 0. The molecule has 3 heteroatoms. The van der Waals surface area contributed by atoms with Gasteiger partial charge in [0.05, 0.1) is 6.61 Å². The Morgan fingerprint density at radius 1 is 1.12 bits per heavy atom. The number of hydrogen-bond donors (Lipinski definition) is 1. The zero-order chi connectivity index (χ0) is 11.6. The second kappa shape index (κ2) is 8.82. The molecule has 0 atom stereocenters.